The number of hydrogen-bond acceptors (Lipinski definition) is 4. The molecule has 1 atom stereocenters. The first-order chi connectivity index (χ1) is 10.2. The Kier molecular flexibility index (Phi) is 9.42. The average Bonchev–Trinajstić information content (AvgIpc) is 2.50. The molecular formula is C17H28N2O2. The van der Waals surface area contributed by atoms with Crippen molar-refractivity contribution in [3.63, 3.8) is 0 Å². The van der Waals surface area contributed by atoms with E-state index < -0.39 is 0 Å². The normalized spacial score (nSPS) is 12.1. The van der Waals surface area contributed by atoms with Crippen LogP contribution in [0.15, 0.2) is 18.6 Å². The minimum absolute atomic E-state index is 0.0559. The van der Waals surface area contributed by atoms with Crippen LogP contribution in [0, 0.1) is 0 Å². The van der Waals surface area contributed by atoms with Gasteiger partial charge in [0.1, 0.15) is 0 Å². The maximum absolute atomic E-state index is 11.8. The highest BCUT2D eigenvalue weighted by Crippen LogP contribution is 2.12. The van der Waals surface area contributed by atoms with Crippen LogP contribution in [0.5, 0.6) is 0 Å². The van der Waals surface area contributed by atoms with E-state index in [0.717, 1.165) is 12.8 Å². The van der Waals surface area contributed by atoms with Crippen molar-refractivity contribution in [3.05, 3.63) is 24.3 Å². The lowest BCUT2D eigenvalue weighted by atomic mass is 10.1. The van der Waals surface area contributed by atoms with Gasteiger partial charge in [-0.25, -0.2) is 9.78 Å². The van der Waals surface area contributed by atoms with Crippen molar-refractivity contribution >= 4 is 5.97 Å². The molecule has 21 heavy (non-hydrogen) atoms. The summed E-state index contributed by atoms with van der Waals surface area (Å²) in [6.45, 7) is 4.18. The molecule has 1 aromatic heterocycles. The molecule has 4 heteroatoms. The zero-order chi connectivity index (χ0) is 15.3. The summed E-state index contributed by atoms with van der Waals surface area (Å²) in [6.07, 6.45) is 15.7. The SMILES string of the molecule is CCCCCCCCCCC(C)OC(=O)c1cnccn1. The highest BCUT2D eigenvalue weighted by atomic mass is 16.5. The lowest BCUT2D eigenvalue weighted by Gasteiger charge is -2.12. The number of rotatable bonds is 11. The molecule has 0 radical (unpaired) electrons. The van der Waals surface area contributed by atoms with Crippen molar-refractivity contribution in [2.45, 2.75) is 77.7 Å². The molecule has 0 aliphatic rings. The molecule has 118 valence electrons. The molecule has 4 nitrogen and oxygen atoms in total. The van der Waals surface area contributed by atoms with E-state index in [1.807, 2.05) is 6.92 Å². The van der Waals surface area contributed by atoms with Gasteiger partial charge in [0.2, 0.25) is 0 Å². The summed E-state index contributed by atoms with van der Waals surface area (Å²) in [5.41, 5.74) is 0.278. The molecule has 0 saturated carbocycles. The minimum atomic E-state index is -0.379. The quantitative estimate of drug-likeness (QED) is 0.443. The predicted molar refractivity (Wildman–Crippen MR) is 84.1 cm³/mol. The van der Waals surface area contributed by atoms with Gasteiger partial charge in [-0.2, -0.15) is 0 Å². The molecule has 0 saturated heterocycles. The van der Waals surface area contributed by atoms with Crippen molar-refractivity contribution in [2.24, 2.45) is 0 Å². The van der Waals surface area contributed by atoms with Gasteiger partial charge in [-0.1, -0.05) is 51.9 Å². The third kappa shape index (κ3) is 8.43. The summed E-state index contributed by atoms with van der Waals surface area (Å²) in [5, 5.41) is 0. The van der Waals surface area contributed by atoms with Crippen LogP contribution in [0.2, 0.25) is 0 Å². The molecule has 0 N–H and O–H groups in total. The molecule has 1 unspecified atom stereocenters. The van der Waals surface area contributed by atoms with Crippen molar-refractivity contribution in [1.29, 1.82) is 0 Å². The lowest BCUT2D eigenvalue weighted by molar-refractivity contribution is 0.0312. The predicted octanol–water partition coefficient (Wildman–Crippen LogP) is 4.55. The van der Waals surface area contributed by atoms with E-state index in [2.05, 4.69) is 16.9 Å². The van der Waals surface area contributed by atoms with E-state index in [9.17, 15) is 4.79 Å². The Morgan fingerprint density at radius 3 is 2.38 bits per heavy atom. The molecule has 0 fully saturated rings. The standard InChI is InChI=1S/C17H28N2O2/c1-3-4-5-6-7-8-9-10-11-15(2)21-17(20)16-14-18-12-13-19-16/h12-15H,3-11H2,1-2H3. The van der Waals surface area contributed by atoms with Crippen LogP contribution >= 0.6 is 0 Å². The smallest absolute Gasteiger partial charge is 0.358 e. The Morgan fingerprint density at radius 2 is 1.76 bits per heavy atom. The molecule has 1 rings (SSSR count). The summed E-state index contributed by atoms with van der Waals surface area (Å²) < 4.78 is 5.35. The second-order valence-electron chi connectivity index (χ2n) is 5.57. The number of ether oxygens (including phenoxy) is 1. The number of esters is 1. The van der Waals surface area contributed by atoms with Gasteiger partial charge < -0.3 is 4.74 Å². The van der Waals surface area contributed by atoms with E-state index >= 15 is 0 Å². The fourth-order valence-electron chi connectivity index (χ4n) is 2.27. The molecule has 0 spiro atoms. The van der Waals surface area contributed by atoms with Crippen LogP contribution in [-0.2, 0) is 4.74 Å². The lowest BCUT2D eigenvalue weighted by Crippen LogP contribution is -2.16. The largest absolute Gasteiger partial charge is 0.458 e. The summed E-state index contributed by atoms with van der Waals surface area (Å²) >= 11 is 0. The number of nitrogens with zero attached hydrogens (tertiary/aromatic N) is 2. The zero-order valence-corrected chi connectivity index (χ0v) is 13.4. The monoisotopic (exact) mass is 292 g/mol. The van der Waals surface area contributed by atoms with Crippen LogP contribution < -0.4 is 0 Å². The number of carbonyl (C=O) groups is 1. The van der Waals surface area contributed by atoms with E-state index in [-0.39, 0.29) is 17.8 Å². The molecule has 0 aliphatic carbocycles. The summed E-state index contributed by atoms with van der Waals surface area (Å²) in [7, 11) is 0. The highest BCUT2D eigenvalue weighted by molar-refractivity contribution is 5.86. The van der Waals surface area contributed by atoms with Crippen LogP contribution in [0.4, 0.5) is 0 Å². The highest BCUT2D eigenvalue weighted by Gasteiger charge is 2.12. The Labute approximate surface area is 128 Å². The van der Waals surface area contributed by atoms with Crippen molar-refractivity contribution in [2.75, 3.05) is 0 Å². The average molecular weight is 292 g/mol. The van der Waals surface area contributed by atoms with Gasteiger partial charge in [-0.05, 0) is 19.8 Å². The van der Waals surface area contributed by atoms with Gasteiger partial charge in [-0.15, -0.1) is 0 Å². The summed E-state index contributed by atoms with van der Waals surface area (Å²) in [6, 6.07) is 0. The van der Waals surface area contributed by atoms with E-state index in [1.165, 1.54) is 57.3 Å². The van der Waals surface area contributed by atoms with Gasteiger partial charge in [0.15, 0.2) is 5.69 Å². The van der Waals surface area contributed by atoms with Crippen molar-refractivity contribution in [3.8, 4) is 0 Å². The molecular weight excluding hydrogens is 264 g/mol. The van der Waals surface area contributed by atoms with Crippen LogP contribution in [0.3, 0.4) is 0 Å². The third-order valence-corrected chi connectivity index (χ3v) is 3.54. The number of carbonyl (C=O) groups excluding carboxylic acids is 1. The maximum Gasteiger partial charge on any atom is 0.358 e. The molecule has 0 bridgehead atoms. The van der Waals surface area contributed by atoms with Gasteiger partial charge in [0.05, 0.1) is 12.3 Å². The molecule has 0 aliphatic heterocycles. The molecule has 0 aromatic carbocycles. The molecule has 1 heterocycles. The Morgan fingerprint density at radius 1 is 1.10 bits per heavy atom. The minimum Gasteiger partial charge on any atom is -0.458 e. The second-order valence-corrected chi connectivity index (χ2v) is 5.57. The van der Waals surface area contributed by atoms with Crippen LogP contribution in [0.25, 0.3) is 0 Å². The Hall–Kier alpha value is -1.45. The fraction of sp³-hybridized carbons (Fsp3) is 0.706. The Balaban J connectivity index is 2.04. The maximum atomic E-state index is 11.8. The number of unbranched alkanes of at least 4 members (excludes halogenated alkanes) is 7. The van der Waals surface area contributed by atoms with Crippen molar-refractivity contribution < 1.29 is 9.53 Å². The topological polar surface area (TPSA) is 52.1 Å². The fourth-order valence-corrected chi connectivity index (χ4v) is 2.27. The molecule has 0 amide bonds. The zero-order valence-electron chi connectivity index (χ0n) is 13.4. The second kappa shape index (κ2) is 11.2. The first kappa shape index (κ1) is 17.6. The van der Waals surface area contributed by atoms with Gasteiger partial charge in [0.25, 0.3) is 0 Å². The number of aromatic nitrogens is 2. The van der Waals surface area contributed by atoms with Gasteiger partial charge in [0, 0.05) is 12.4 Å². The Bertz CT molecular complexity index is 382. The molecule has 1 aromatic rings. The summed E-state index contributed by atoms with van der Waals surface area (Å²) in [5.74, 6) is -0.379. The number of hydrogen-bond donors (Lipinski definition) is 0. The van der Waals surface area contributed by atoms with Crippen LogP contribution in [-0.4, -0.2) is 22.0 Å². The summed E-state index contributed by atoms with van der Waals surface area (Å²) in [4.78, 5) is 19.6. The van der Waals surface area contributed by atoms with Gasteiger partial charge >= 0.3 is 5.97 Å². The first-order valence-electron chi connectivity index (χ1n) is 8.21. The third-order valence-electron chi connectivity index (χ3n) is 3.54. The first-order valence-corrected chi connectivity index (χ1v) is 8.21. The van der Waals surface area contributed by atoms with Crippen molar-refractivity contribution in [1.82, 2.24) is 9.97 Å². The van der Waals surface area contributed by atoms with Crippen LogP contribution in [0.1, 0.15) is 82.1 Å². The van der Waals surface area contributed by atoms with E-state index in [1.54, 1.807) is 6.20 Å². The van der Waals surface area contributed by atoms with E-state index in [4.69, 9.17) is 4.74 Å². The van der Waals surface area contributed by atoms with Gasteiger partial charge in [-0.3, -0.25) is 4.98 Å². The van der Waals surface area contributed by atoms with E-state index in [0.29, 0.717) is 0 Å².